The van der Waals surface area contributed by atoms with Gasteiger partial charge in [0, 0.05) is 17.8 Å². The van der Waals surface area contributed by atoms with E-state index in [4.69, 9.17) is 5.26 Å². The van der Waals surface area contributed by atoms with Gasteiger partial charge in [-0.1, -0.05) is 24.3 Å². The average Bonchev–Trinajstić information content (AvgIpc) is 2.45. The lowest BCUT2D eigenvalue weighted by Gasteiger charge is -2.08. The van der Waals surface area contributed by atoms with E-state index in [-0.39, 0.29) is 5.56 Å². The summed E-state index contributed by atoms with van der Waals surface area (Å²) in [5.74, 6) is 0. The summed E-state index contributed by atoms with van der Waals surface area (Å²) in [4.78, 5) is 0. The van der Waals surface area contributed by atoms with Crippen LogP contribution in [0.3, 0.4) is 0 Å². The highest BCUT2D eigenvalue weighted by molar-refractivity contribution is 5.49. The van der Waals surface area contributed by atoms with E-state index in [0.29, 0.717) is 12.1 Å². The quantitative estimate of drug-likeness (QED) is 0.895. The van der Waals surface area contributed by atoms with Gasteiger partial charge in [-0.15, -0.1) is 0 Å². The van der Waals surface area contributed by atoms with Gasteiger partial charge in [0.1, 0.15) is 0 Å². The molecule has 0 heterocycles. The van der Waals surface area contributed by atoms with Crippen LogP contribution in [0.15, 0.2) is 48.5 Å². The van der Waals surface area contributed by atoms with E-state index in [9.17, 15) is 8.78 Å². The predicted molar refractivity (Wildman–Crippen MR) is 69.9 cm³/mol. The standard InChI is InChI=1S/C15H12F2N2/c16-15(17)13-5-1-4-12(7-13)10-19-14-6-2-3-11(8-14)9-18/h1-8,15,19H,10H2. The minimum absolute atomic E-state index is 0.0186. The van der Waals surface area contributed by atoms with E-state index in [1.807, 2.05) is 6.07 Å². The molecule has 0 aliphatic heterocycles. The first-order chi connectivity index (χ1) is 9.19. The minimum Gasteiger partial charge on any atom is -0.381 e. The third kappa shape index (κ3) is 3.52. The van der Waals surface area contributed by atoms with Crippen LogP contribution in [0.4, 0.5) is 14.5 Å². The van der Waals surface area contributed by atoms with Gasteiger partial charge in [0.25, 0.3) is 6.43 Å². The van der Waals surface area contributed by atoms with Gasteiger partial charge in [-0.05, 0) is 29.8 Å². The van der Waals surface area contributed by atoms with Gasteiger partial charge in [-0.2, -0.15) is 5.26 Å². The highest BCUT2D eigenvalue weighted by Gasteiger charge is 2.06. The lowest BCUT2D eigenvalue weighted by atomic mass is 10.1. The highest BCUT2D eigenvalue weighted by atomic mass is 19.3. The van der Waals surface area contributed by atoms with E-state index in [1.165, 1.54) is 12.1 Å². The van der Waals surface area contributed by atoms with Gasteiger partial charge in [-0.3, -0.25) is 0 Å². The Labute approximate surface area is 110 Å². The number of hydrogen-bond acceptors (Lipinski definition) is 2. The van der Waals surface area contributed by atoms with Crippen LogP contribution in [0.2, 0.25) is 0 Å². The number of halogens is 2. The molecular weight excluding hydrogens is 246 g/mol. The van der Waals surface area contributed by atoms with Gasteiger partial charge in [0.15, 0.2) is 0 Å². The monoisotopic (exact) mass is 258 g/mol. The van der Waals surface area contributed by atoms with Crippen molar-refractivity contribution in [1.29, 1.82) is 5.26 Å². The zero-order chi connectivity index (χ0) is 13.7. The van der Waals surface area contributed by atoms with E-state index in [0.717, 1.165) is 11.3 Å². The Kier molecular flexibility index (Phi) is 4.09. The lowest BCUT2D eigenvalue weighted by Crippen LogP contribution is -2.00. The van der Waals surface area contributed by atoms with Gasteiger partial charge >= 0.3 is 0 Å². The van der Waals surface area contributed by atoms with E-state index in [1.54, 1.807) is 30.3 Å². The number of nitriles is 1. The fourth-order valence-corrected chi connectivity index (χ4v) is 1.74. The zero-order valence-corrected chi connectivity index (χ0v) is 10.1. The van der Waals surface area contributed by atoms with Crippen molar-refractivity contribution in [3.63, 3.8) is 0 Å². The maximum absolute atomic E-state index is 12.6. The zero-order valence-electron chi connectivity index (χ0n) is 10.1. The number of alkyl halides is 2. The molecule has 2 nitrogen and oxygen atoms in total. The fourth-order valence-electron chi connectivity index (χ4n) is 1.74. The fraction of sp³-hybridized carbons (Fsp3) is 0.133. The smallest absolute Gasteiger partial charge is 0.263 e. The van der Waals surface area contributed by atoms with Crippen LogP contribution in [-0.4, -0.2) is 0 Å². The molecule has 0 bridgehead atoms. The highest BCUT2D eigenvalue weighted by Crippen LogP contribution is 2.20. The number of nitrogens with zero attached hydrogens (tertiary/aromatic N) is 1. The van der Waals surface area contributed by atoms with Gasteiger partial charge in [0.2, 0.25) is 0 Å². The molecule has 0 fully saturated rings. The number of rotatable bonds is 4. The van der Waals surface area contributed by atoms with Crippen molar-refractivity contribution >= 4 is 5.69 Å². The molecule has 96 valence electrons. The molecule has 0 spiro atoms. The molecule has 2 aromatic rings. The van der Waals surface area contributed by atoms with Crippen LogP contribution in [0, 0.1) is 11.3 Å². The van der Waals surface area contributed by atoms with Crippen molar-refractivity contribution in [3.8, 4) is 6.07 Å². The Morgan fingerprint density at radius 3 is 2.63 bits per heavy atom. The average molecular weight is 258 g/mol. The first-order valence-electron chi connectivity index (χ1n) is 5.80. The number of hydrogen-bond donors (Lipinski definition) is 1. The SMILES string of the molecule is N#Cc1cccc(NCc2cccc(C(F)F)c2)c1. The summed E-state index contributed by atoms with van der Waals surface area (Å²) in [5.41, 5.74) is 2.15. The molecule has 0 aliphatic rings. The molecule has 0 radical (unpaired) electrons. The lowest BCUT2D eigenvalue weighted by molar-refractivity contribution is 0.151. The second-order valence-corrected chi connectivity index (χ2v) is 4.09. The Hall–Kier alpha value is -2.41. The van der Waals surface area contributed by atoms with E-state index >= 15 is 0 Å². The largest absolute Gasteiger partial charge is 0.381 e. The van der Waals surface area contributed by atoms with Crippen LogP contribution < -0.4 is 5.32 Å². The number of benzene rings is 2. The number of anilines is 1. The van der Waals surface area contributed by atoms with Crippen molar-refractivity contribution in [3.05, 3.63) is 65.2 Å². The summed E-state index contributed by atoms with van der Waals surface area (Å²) in [6.07, 6.45) is -2.46. The molecule has 2 aromatic carbocycles. The Balaban J connectivity index is 2.06. The van der Waals surface area contributed by atoms with Crippen molar-refractivity contribution < 1.29 is 8.78 Å². The van der Waals surface area contributed by atoms with Crippen molar-refractivity contribution in [1.82, 2.24) is 0 Å². The van der Waals surface area contributed by atoms with Gasteiger partial charge < -0.3 is 5.32 Å². The Bertz CT molecular complexity index is 603. The molecule has 0 saturated heterocycles. The summed E-state index contributed by atoms with van der Waals surface area (Å²) >= 11 is 0. The Morgan fingerprint density at radius 2 is 1.89 bits per heavy atom. The first kappa shape index (κ1) is 13.0. The molecule has 2 rings (SSSR count). The normalized spacial score (nSPS) is 10.2. The van der Waals surface area contributed by atoms with E-state index in [2.05, 4.69) is 11.4 Å². The van der Waals surface area contributed by atoms with Gasteiger partial charge in [0.05, 0.1) is 11.6 Å². The Morgan fingerprint density at radius 1 is 1.11 bits per heavy atom. The third-order valence-electron chi connectivity index (χ3n) is 2.69. The molecule has 0 amide bonds. The second-order valence-electron chi connectivity index (χ2n) is 4.09. The van der Waals surface area contributed by atoms with Crippen LogP contribution in [-0.2, 0) is 6.54 Å². The van der Waals surface area contributed by atoms with Gasteiger partial charge in [-0.25, -0.2) is 8.78 Å². The molecule has 0 unspecified atom stereocenters. The molecule has 0 saturated carbocycles. The summed E-state index contributed by atoms with van der Waals surface area (Å²) in [6, 6.07) is 15.4. The predicted octanol–water partition coefficient (Wildman–Crippen LogP) is 4.11. The maximum Gasteiger partial charge on any atom is 0.263 e. The molecular formula is C15H12F2N2. The molecule has 1 N–H and O–H groups in total. The van der Waals surface area contributed by atoms with Crippen LogP contribution >= 0.6 is 0 Å². The molecule has 4 heteroatoms. The molecule has 0 atom stereocenters. The van der Waals surface area contributed by atoms with E-state index < -0.39 is 6.43 Å². The van der Waals surface area contributed by atoms with Crippen molar-refractivity contribution in [2.75, 3.05) is 5.32 Å². The van der Waals surface area contributed by atoms with Crippen LogP contribution in [0.5, 0.6) is 0 Å². The topological polar surface area (TPSA) is 35.8 Å². The summed E-state index contributed by atoms with van der Waals surface area (Å²) in [7, 11) is 0. The first-order valence-corrected chi connectivity index (χ1v) is 5.80. The third-order valence-corrected chi connectivity index (χ3v) is 2.69. The molecule has 19 heavy (non-hydrogen) atoms. The number of nitrogens with one attached hydrogen (secondary N) is 1. The molecule has 0 aliphatic carbocycles. The van der Waals surface area contributed by atoms with Crippen LogP contribution in [0.25, 0.3) is 0 Å². The maximum atomic E-state index is 12.6. The minimum atomic E-state index is -2.46. The summed E-state index contributed by atoms with van der Waals surface area (Å²) < 4.78 is 25.1. The molecule has 0 aromatic heterocycles. The second kappa shape index (κ2) is 5.96. The van der Waals surface area contributed by atoms with Crippen molar-refractivity contribution in [2.24, 2.45) is 0 Å². The summed E-state index contributed by atoms with van der Waals surface area (Å²) in [6.45, 7) is 0.440. The van der Waals surface area contributed by atoms with Crippen LogP contribution in [0.1, 0.15) is 23.1 Å². The van der Waals surface area contributed by atoms with Crippen molar-refractivity contribution in [2.45, 2.75) is 13.0 Å². The summed E-state index contributed by atoms with van der Waals surface area (Å²) in [5, 5.41) is 11.9.